The lowest BCUT2D eigenvalue weighted by Crippen LogP contribution is -2.48. The van der Waals surface area contributed by atoms with Gasteiger partial charge in [-0.15, -0.1) is 0 Å². The van der Waals surface area contributed by atoms with Gasteiger partial charge in [0.25, 0.3) is 0 Å². The van der Waals surface area contributed by atoms with E-state index in [1.807, 2.05) is 0 Å². The largest absolute Gasteiger partial charge is 0.460 e. The second kappa shape index (κ2) is 4.04. The first kappa shape index (κ1) is 12.1. The lowest BCUT2D eigenvalue weighted by atomic mass is 10.1. The van der Waals surface area contributed by atoms with Crippen molar-refractivity contribution in [2.45, 2.75) is 23.5 Å². The van der Waals surface area contributed by atoms with Gasteiger partial charge >= 0.3 is 10.1 Å². The van der Waals surface area contributed by atoms with Crippen molar-refractivity contribution in [1.29, 1.82) is 0 Å². The summed E-state index contributed by atoms with van der Waals surface area (Å²) >= 11 is 0. The predicted molar refractivity (Wildman–Crippen MR) is 65.2 cm³/mol. The Hall–Kier alpha value is -0.920. The summed E-state index contributed by atoms with van der Waals surface area (Å²) in [7, 11) is -4.70. The molecule has 2 aliphatic heterocycles. The molecule has 1 spiro atoms. The van der Waals surface area contributed by atoms with Gasteiger partial charge < -0.3 is 4.74 Å². The van der Waals surface area contributed by atoms with Gasteiger partial charge in [0, 0.05) is 35.1 Å². The predicted octanol–water partition coefficient (Wildman–Crippen LogP) is 1.02. The summed E-state index contributed by atoms with van der Waals surface area (Å²) in [5.74, 6) is -0.0485. The van der Waals surface area contributed by atoms with E-state index in [0.717, 1.165) is 0 Å². The molecule has 2 heterocycles. The van der Waals surface area contributed by atoms with E-state index < -0.39 is 26.7 Å². The summed E-state index contributed by atoms with van der Waals surface area (Å²) in [6.07, 6.45) is 0.653. The van der Waals surface area contributed by atoms with Crippen molar-refractivity contribution in [2.24, 2.45) is 0 Å². The highest BCUT2D eigenvalue weighted by atomic mass is 32.2. The third-order valence-electron chi connectivity index (χ3n) is 3.10. The van der Waals surface area contributed by atoms with Crippen LogP contribution in [0.15, 0.2) is 29.2 Å². The van der Waals surface area contributed by atoms with Gasteiger partial charge in [0.05, 0.1) is 0 Å². The van der Waals surface area contributed by atoms with Crippen LogP contribution in [-0.4, -0.2) is 29.9 Å². The summed E-state index contributed by atoms with van der Waals surface area (Å²) in [6.45, 7) is 0. The van der Waals surface area contributed by atoms with Gasteiger partial charge in [0.1, 0.15) is 10.6 Å². The molecule has 7 heteroatoms. The topological polar surface area (TPSA) is 69.7 Å². The van der Waals surface area contributed by atoms with Crippen LogP contribution in [0.5, 0.6) is 5.75 Å². The normalized spacial score (nSPS) is 33.7. The highest BCUT2D eigenvalue weighted by molar-refractivity contribution is 7.87. The van der Waals surface area contributed by atoms with E-state index in [-0.39, 0.29) is 4.90 Å². The minimum absolute atomic E-state index is 0.0577. The summed E-state index contributed by atoms with van der Waals surface area (Å²) in [5.41, 5.74) is 0. The van der Waals surface area contributed by atoms with Crippen LogP contribution in [0.3, 0.4) is 0 Å². The summed E-state index contributed by atoms with van der Waals surface area (Å²) in [6, 6.07) is 6.41. The quantitative estimate of drug-likeness (QED) is 0.667. The molecule has 0 radical (unpaired) electrons. The van der Waals surface area contributed by atoms with E-state index in [4.69, 9.17) is 8.92 Å². The Morgan fingerprint density at radius 2 is 1.83 bits per heavy atom. The molecule has 0 saturated carbocycles. The fourth-order valence-electron chi connectivity index (χ4n) is 2.15. The molecule has 0 atom stereocenters. The maximum absolute atomic E-state index is 12.0. The van der Waals surface area contributed by atoms with E-state index in [1.165, 1.54) is 6.07 Å². The van der Waals surface area contributed by atoms with Crippen LogP contribution in [0.4, 0.5) is 0 Å². The van der Waals surface area contributed by atoms with Gasteiger partial charge in [-0.3, -0.25) is 4.21 Å². The van der Waals surface area contributed by atoms with Crippen molar-refractivity contribution >= 4 is 20.9 Å². The van der Waals surface area contributed by atoms with Crippen molar-refractivity contribution < 1.29 is 21.5 Å². The molecule has 1 aromatic carbocycles. The van der Waals surface area contributed by atoms with Crippen molar-refractivity contribution in [2.75, 3.05) is 11.5 Å². The van der Waals surface area contributed by atoms with Crippen LogP contribution < -0.4 is 4.74 Å². The van der Waals surface area contributed by atoms with Gasteiger partial charge in [0.2, 0.25) is 5.79 Å². The maximum Gasteiger partial charge on any atom is 0.304 e. The van der Waals surface area contributed by atoms with E-state index >= 15 is 0 Å². The average molecular weight is 288 g/mol. The molecule has 0 aromatic heterocycles. The van der Waals surface area contributed by atoms with Crippen molar-refractivity contribution in [3.8, 4) is 5.75 Å². The van der Waals surface area contributed by atoms with Crippen LogP contribution in [0.25, 0.3) is 0 Å². The first-order valence-corrected chi connectivity index (χ1v) is 8.49. The van der Waals surface area contributed by atoms with Crippen LogP contribution in [0, 0.1) is 0 Å². The SMILES string of the molecule is O=S1CCC2(CC1)Oc1ccccc1S(=O)(=O)O2. The Morgan fingerprint density at radius 1 is 1.17 bits per heavy atom. The number of benzene rings is 1. The summed E-state index contributed by atoms with van der Waals surface area (Å²) in [4.78, 5) is 0.0577. The van der Waals surface area contributed by atoms with E-state index in [0.29, 0.717) is 30.1 Å². The highest BCUT2D eigenvalue weighted by Crippen LogP contribution is 2.41. The van der Waals surface area contributed by atoms with Gasteiger partial charge in [-0.05, 0) is 12.1 Å². The van der Waals surface area contributed by atoms with Gasteiger partial charge in [0.15, 0.2) is 0 Å². The number of rotatable bonds is 0. The molecule has 1 saturated heterocycles. The molecule has 2 aliphatic rings. The molecule has 18 heavy (non-hydrogen) atoms. The Morgan fingerprint density at radius 3 is 2.56 bits per heavy atom. The number of hydrogen-bond acceptors (Lipinski definition) is 5. The molecule has 0 aliphatic carbocycles. The summed E-state index contributed by atoms with van der Waals surface area (Å²) < 4.78 is 46.3. The zero-order valence-corrected chi connectivity index (χ0v) is 11.1. The fraction of sp³-hybridized carbons (Fsp3) is 0.455. The van der Waals surface area contributed by atoms with Crippen LogP contribution in [-0.2, 0) is 25.1 Å². The molecule has 1 aromatic rings. The molecule has 5 nitrogen and oxygen atoms in total. The zero-order chi connectivity index (χ0) is 12.8. The number of para-hydroxylation sites is 1. The molecule has 0 unspecified atom stereocenters. The van der Waals surface area contributed by atoms with Crippen molar-refractivity contribution in [3.05, 3.63) is 24.3 Å². The number of fused-ring (bicyclic) bond motifs is 1. The third-order valence-corrected chi connectivity index (χ3v) is 5.82. The van der Waals surface area contributed by atoms with Crippen LogP contribution in [0.1, 0.15) is 12.8 Å². The number of ether oxygens (including phenoxy) is 1. The standard InChI is InChI=1S/C11H12O5S2/c12-17-7-5-11(6-8-17)15-9-3-1-2-4-10(9)18(13,14)16-11/h1-4H,5-8H2. The Labute approximate surface area is 108 Å². The minimum atomic E-state index is -3.79. The molecule has 3 rings (SSSR count). The molecule has 0 amide bonds. The molecular formula is C11H12O5S2. The Balaban J connectivity index is 2.03. The van der Waals surface area contributed by atoms with Crippen molar-refractivity contribution in [1.82, 2.24) is 0 Å². The lowest BCUT2D eigenvalue weighted by molar-refractivity contribution is -0.124. The first-order valence-electron chi connectivity index (χ1n) is 5.59. The first-order chi connectivity index (χ1) is 8.51. The average Bonchev–Trinajstić information content (AvgIpc) is 2.33. The fourth-order valence-corrected chi connectivity index (χ4v) is 4.73. The van der Waals surface area contributed by atoms with E-state index in [2.05, 4.69) is 0 Å². The second-order valence-corrected chi connectivity index (χ2v) is 7.56. The molecular weight excluding hydrogens is 276 g/mol. The Kier molecular flexibility index (Phi) is 2.72. The second-order valence-electron chi connectivity index (χ2n) is 4.35. The van der Waals surface area contributed by atoms with Gasteiger partial charge in [-0.25, -0.2) is 4.18 Å². The smallest absolute Gasteiger partial charge is 0.304 e. The molecule has 0 bridgehead atoms. The molecule has 98 valence electrons. The Bertz CT molecular complexity index is 598. The third kappa shape index (κ3) is 1.96. The highest BCUT2D eigenvalue weighted by Gasteiger charge is 2.47. The van der Waals surface area contributed by atoms with Crippen molar-refractivity contribution in [3.63, 3.8) is 0 Å². The summed E-state index contributed by atoms with van der Waals surface area (Å²) in [5, 5.41) is 0. The maximum atomic E-state index is 12.0. The monoisotopic (exact) mass is 288 g/mol. The van der Waals surface area contributed by atoms with Crippen LogP contribution in [0.2, 0.25) is 0 Å². The minimum Gasteiger partial charge on any atom is -0.460 e. The van der Waals surface area contributed by atoms with Gasteiger partial charge in [-0.1, -0.05) is 12.1 Å². The zero-order valence-electron chi connectivity index (χ0n) is 9.50. The lowest BCUT2D eigenvalue weighted by Gasteiger charge is -2.39. The van der Waals surface area contributed by atoms with Crippen LogP contribution >= 0.6 is 0 Å². The number of hydrogen-bond donors (Lipinski definition) is 0. The van der Waals surface area contributed by atoms with E-state index in [1.54, 1.807) is 18.2 Å². The van der Waals surface area contributed by atoms with E-state index in [9.17, 15) is 12.6 Å². The molecule has 0 N–H and O–H groups in total. The van der Waals surface area contributed by atoms with Gasteiger partial charge in [-0.2, -0.15) is 8.42 Å². The molecule has 1 fully saturated rings.